The Morgan fingerprint density at radius 2 is 1.81 bits per heavy atom. The highest BCUT2D eigenvalue weighted by Crippen LogP contribution is 2.36. The molecule has 1 aromatic heterocycles. The van der Waals surface area contributed by atoms with Crippen molar-refractivity contribution in [1.82, 2.24) is 4.57 Å². The van der Waals surface area contributed by atoms with Gasteiger partial charge in [0.05, 0.1) is 18.0 Å². The van der Waals surface area contributed by atoms with Gasteiger partial charge in [0.2, 0.25) is 0 Å². The predicted molar refractivity (Wildman–Crippen MR) is 109 cm³/mol. The van der Waals surface area contributed by atoms with Gasteiger partial charge < -0.3 is 9.84 Å². The zero-order valence-electron chi connectivity index (χ0n) is 17.3. The van der Waals surface area contributed by atoms with Crippen LogP contribution in [0.25, 0.3) is 10.9 Å². The van der Waals surface area contributed by atoms with Gasteiger partial charge in [0, 0.05) is 22.7 Å². The van der Waals surface area contributed by atoms with Gasteiger partial charge in [0.15, 0.2) is 23.2 Å². The highest BCUT2D eigenvalue weighted by atomic mass is 19.2. The third kappa shape index (κ3) is 4.15. The molecule has 0 saturated carbocycles. The van der Waals surface area contributed by atoms with Crippen molar-refractivity contribution in [2.24, 2.45) is 0 Å². The molecule has 5 nitrogen and oxygen atoms in total. The van der Waals surface area contributed by atoms with Gasteiger partial charge in [-0.05, 0) is 50.1 Å². The Hall–Kier alpha value is -3.29. The summed E-state index contributed by atoms with van der Waals surface area (Å²) in [6, 6.07) is 4.79. The molecule has 2 aromatic carbocycles. The van der Waals surface area contributed by atoms with Gasteiger partial charge in [-0.3, -0.25) is 14.2 Å². The summed E-state index contributed by atoms with van der Waals surface area (Å²) >= 11 is 0. The fourth-order valence-electron chi connectivity index (χ4n) is 3.57. The predicted octanol–water partition coefficient (Wildman–Crippen LogP) is 5.21. The number of rotatable bonds is 6. The minimum atomic E-state index is -1.20. The lowest BCUT2D eigenvalue weighted by molar-refractivity contribution is -0.145. The number of ether oxygens (including phenoxy) is 1. The van der Waals surface area contributed by atoms with Crippen LogP contribution in [0.1, 0.15) is 54.2 Å². The van der Waals surface area contributed by atoms with Crippen molar-refractivity contribution in [2.45, 2.75) is 39.5 Å². The minimum Gasteiger partial charge on any atom is -0.505 e. The zero-order chi connectivity index (χ0) is 22.9. The standard InChI is InChI=1S/C23H22F3NO4/c1-4-5-8-31-23(30)12(2)21-13(3)27(19-11-18(26)20(28)10-15(19)21)22(29)14-6-7-16(24)17(25)9-14/h6-7,9-12,28H,4-5,8H2,1-3H3. The van der Waals surface area contributed by atoms with Crippen LogP contribution in [0.2, 0.25) is 0 Å². The van der Waals surface area contributed by atoms with Crippen molar-refractivity contribution < 1.29 is 32.6 Å². The van der Waals surface area contributed by atoms with Gasteiger partial charge in [-0.15, -0.1) is 0 Å². The topological polar surface area (TPSA) is 68.5 Å². The molecule has 1 heterocycles. The third-order valence-electron chi connectivity index (χ3n) is 5.22. The summed E-state index contributed by atoms with van der Waals surface area (Å²) < 4.78 is 47.5. The molecule has 31 heavy (non-hydrogen) atoms. The molecule has 3 aromatic rings. The SMILES string of the molecule is CCCCOC(=O)C(C)c1c(C)n(C(=O)c2ccc(F)c(F)c2)c2cc(F)c(O)cc12. The summed E-state index contributed by atoms with van der Waals surface area (Å²) in [7, 11) is 0. The number of esters is 1. The van der Waals surface area contributed by atoms with E-state index in [0.29, 0.717) is 17.7 Å². The number of halogens is 3. The molecule has 1 N–H and O–H groups in total. The first kappa shape index (κ1) is 22.4. The maximum Gasteiger partial charge on any atom is 0.313 e. The maximum atomic E-state index is 14.1. The lowest BCUT2D eigenvalue weighted by Gasteiger charge is -2.13. The second-order valence-electron chi connectivity index (χ2n) is 7.33. The summed E-state index contributed by atoms with van der Waals surface area (Å²) in [6.07, 6.45) is 1.54. The van der Waals surface area contributed by atoms with E-state index in [1.807, 2.05) is 6.92 Å². The number of carbonyl (C=O) groups is 2. The molecule has 0 aliphatic carbocycles. The molecule has 0 radical (unpaired) electrons. The normalized spacial score (nSPS) is 12.2. The number of hydrogen-bond acceptors (Lipinski definition) is 4. The smallest absolute Gasteiger partial charge is 0.313 e. The second kappa shape index (κ2) is 8.83. The summed E-state index contributed by atoms with van der Waals surface area (Å²) in [6.45, 7) is 5.34. The molecular formula is C23H22F3NO4. The minimum absolute atomic E-state index is 0.0886. The molecular weight excluding hydrogens is 411 g/mol. The number of phenolic OH excluding ortho intramolecular Hbond substituents is 1. The van der Waals surface area contributed by atoms with Gasteiger partial charge >= 0.3 is 5.97 Å². The molecule has 3 rings (SSSR count). The van der Waals surface area contributed by atoms with Crippen molar-refractivity contribution in [1.29, 1.82) is 0 Å². The molecule has 8 heteroatoms. The largest absolute Gasteiger partial charge is 0.505 e. The first-order chi connectivity index (χ1) is 14.7. The van der Waals surface area contributed by atoms with Crippen LogP contribution < -0.4 is 0 Å². The molecule has 0 amide bonds. The summed E-state index contributed by atoms with van der Waals surface area (Å²) in [5, 5.41) is 10.2. The lowest BCUT2D eigenvalue weighted by atomic mass is 9.98. The van der Waals surface area contributed by atoms with E-state index in [1.165, 1.54) is 0 Å². The average Bonchev–Trinajstić information content (AvgIpc) is 3.00. The molecule has 164 valence electrons. The van der Waals surface area contributed by atoms with Crippen LogP contribution in [0.15, 0.2) is 30.3 Å². The number of unbranched alkanes of at least 4 members (excludes halogenated alkanes) is 1. The first-order valence-corrected chi connectivity index (χ1v) is 9.87. The van der Waals surface area contributed by atoms with Crippen LogP contribution >= 0.6 is 0 Å². The van der Waals surface area contributed by atoms with Crippen LogP contribution in [0.3, 0.4) is 0 Å². The van der Waals surface area contributed by atoms with E-state index < -0.39 is 41.0 Å². The van der Waals surface area contributed by atoms with Crippen LogP contribution in [0, 0.1) is 24.4 Å². The van der Waals surface area contributed by atoms with Crippen LogP contribution in [-0.2, 0) is 9.53 Å². The van der Waals surface area contributed by atoms with Crippen molar-refractivity contribution in [2.75, 3.05) is 6.61 Å². The third-order valence-corrected chi connectivity index (χ3v) is 5.22. The Morgan fingerprint density at radius 3 is 2.45 bits per heavy atom. The summed E-state index contributed by atoms with van der Waals surface area (Å²) in [4.78, 5) is 25.7. The lowest BCUT2D eigenvalue weighted by Crippen LogP contribution is -2.17. The van der Waals surface area contributed by atoms with Crippen molar-refractivity contribution >= 4 is 22.8 Å². The van der Waals surface area contributed by atoms with E-state index in [1.54, 1.807) is 13.8 Å². The first-order valence-electron chi connectivity index (χ1n) is 9.87. The fraction of sp³-hybridized carbons (Fsp3) is 0.304. The van der Waals surface area contributed by atoms with E-state index in [2.05, 4.69) is 0 Å². The van der Waals surface area contributed by atoms with Crippen molar-refractivity contribution in [3.8, 4) is 5.75 Å². The molecule has 0 aliphatic heterocycles. The molecule has 0 spiro atoms. The Bertz CT molecular complexity index is 1170. The second-order valence-corrected chi connectivity index (χ2v) is 7.33. The van der Waals surface area contributed by atoms with Crippen molar-refractivity contribution in [3.63, 3.8) is 0 Å². The summed E-state index contributed by atoms with van der Waals surface area (Å²) in [5.74, 6) is -5.98. The van der Waals surface area contributed by atoms with E-state index >= 15 is 0 Å². The highest BCUT2D eigenvalue weighted by molar-refractivity contribution is 6.05. The Morgan fingerprint density at radius 1 is 1.10 bits per heavy atom. The highest BCUT2D eigenvalue weighted by Gasteiger charge is 2.28. The Balaban J connectivity index is 2.17. The van der Waals surface area contributed by atoms with Gasteiger partial charge in [-0.25, -0.2) is 13.2 Å². The van der Waals surface area contributed by atoms with E-state index in [0.717, 1.165) is 41.3 Å². The van der Waals surface area contributed by atoms with Gasteiger partial charge in [0.1, 0.15) is 0 Å². The molecule has 0 fully saturated rings. The quantitative estimate of drug-likeness (QED) is 0.428. The number of benzene rings is 2. The molecule has 0 bridgehead atoms. The number of aromatic hydroxyl groups is 1. The fourth-order valence-corrected chi connectivity index (χ4v) is 3.57. The van der Waals surface area contributed by atoms with Crippen molar-refractivity contribution in [3.05, 3.63) is 64.6 Å². The number of nitrogens with zero attached hydrogens (tertiary/aromatic N) is 1. The molecule has 1 unspecified atom stereocenters. The van der Waals surface area contributed by atoms with Gasteiger partial charge in [-0.2, -0.15) is 0 Å². The monoisotopic (exact) mass is 433 g/mol. The number of fused-ring (bicyclic) bond motifs is 1. The summed E-state index contributed by atoms with van der Waals surface area (Å²) in [5.41, 5.74) is 0.611. The van der Waals surface area contributed by atoms with E-state index in [-0.39, 0.29) is 23.1 Å². The zero-order valence-corrected chi connectivity index (χ0v) is 17.3. The van der Waals surface area contributed by atoms with Gasteiger partial charge in [-0.1, -0.05) is 13.3 Å². The number of aromatic nitrogens is 1. The van der Waals surface area contributed by atoms with Crippen LogP contribution in [0.4, 0.5) is 13.2 Å². The van der Waals surface area contributed by atoms with E-state index in [9.17, 15) is 27.9 Å². The molecule has 0 aliphatic rings. The maximum absolute atomic E-state index is 14.1. The number of phenols is 1. The average molecular weight is 433 g/mol. The molecule has 0 saturated heterocycles. The number of carbonyl (C=O) groups excluding carboxylic acids is 2. The van der Waals surface area contributed by atoms with Gasteiger partial charge in [0.25, 0.3) is 5.91 Å². The van der Waals surface area contributed by atoms with Crippen LogP contribution in [0.5, 0.6) is 5.75 Å². The van der Waals surface area contributed by atoms with Crippen LogP contribution in [-0.4, -0.2) is 28.2 Å². The Kier molecular flexibility index (Phi) is 6.38. The molecule has 1 atom stereocenters. The van der Waals surface area contributed by atoms with E-state index in [4.69, 9.17) is 4.74 Å². The number of hydrogen-bond donors (Lipinski definition) is 1. The Labute approximate surface area is 177 Å².